The van der Waals surface area contributed by atoms with E-state index in [9.17, 15) is 0 Å². The number of rotatable bonds is 4. The quantitative estimate of drug-likeness (QED) is 0.794. The minimum Gasteiger partial charge on any atom is -0.323 e. The number of para-hydroxylation sites is 2. The number of hydrogen-bond acceptors (Lipinski definition) is 3. The Morgan fingerprint density at radius 1 is 1.31 bits per heavy atom. The highest BCUT2D eigenvalue weighted by molar-refractivity contribution is 5.73. The Morgan fingerprint density at radius 3 is 2.81 bits per heavy atom. The minimum absolute atomic E-state index is 0.0601. The van der Waals surface area contributed by atoms with E-state index < -0.39 is 0 Å². The van der Waals surface area contributed by atoms with Crippen molar-refractivity contribution in [2.24, 2.45) is 5.73 Å². The van der Waals surface area contributed by atoms with E-state index in [1.54, 1.807) is 6.20 Å². The van der Waals surface area contributed by atoms with Crippen molar-refractivity contribution in [2.75, 3.05) is 0 Å². The van der Waals surface area contributed by atoms with Crippen LogP contribution in [0.25, 0.3) is 11.0 Å². The van der Waals surface area contributed by atoms with Crippen molar-refractivity contribution in [3.63, 3.8) is 0 Å². The van der Waals surface area contributed by atoms with Crippen molar-refractivity contribution in [1.82, 2.24) is 9.97 Å². The number of allylic oxidation sites excluding steroid dienone is 1. The normalized spacial score (nSPS) is 12.6. The highest BCUT2D eigenvalue weighted by Crippen LogP contribution is 2.16. The monoisotopic (exact) mass is 213 g/mol. The van der Waals surface area contributed by atoms with Gasteiger partial charge in [0.2, 0.25) is 0 Å². The van der Waals surface area contributed by atoms with E-state index in [0.29, 0.717) is 0 Å². The average molecular weight is 213 g/mol. The van der Waals surface area contributed by atoms with Crippen LogP contribution >= 0.6 is 0 Å². The summed E-state index contributed by atoms with van der Waals surface area (Å²) < 4.78 is 0. The molecule has 2 aromatic rings. The molecule has 82 valence electrons. The van der Waals surface area contributed by atoms with Crippen molar-refractivity contribution >= 4 is 11.0 Å². The Bertz CT molecular complexity index is 493. The third-order valence-electron chi connectivity index (χ3n) is 2.53. The highest BCUT2D eigenvalue weighted by Gasteiger charge is 2.07. The van der Waals surface area contributed by atoms with Crippen LogP contribution in [0.15, 0.2) is 43.1 Å². The lowest BCUT2D eigenvalue weighted by molar-refractivity contribution is 0.642. The molecule has 0 aliphatic rings. The van der Waals surface area contributed by atoms with Crippen molar-refractivity contribution < 1.29 is 0 Å². The number of nitrogens with two attached hydrogens (primary N) is 1. The summed E-state index contributed by atoms with van der Waals surface area (Å²) in [5.74, 6) is 0. The van der Waals surface area contributed by atoms with E-state index in [4.69, 9.17) is 5.73 Å². The van der Waals surface area contributed by atoms with Gasteiger partial charge in [0.1, 0.15) is 0 Å². The Hall–Kier alpha value is -1.74. The van der Waals surface area contributed by atoms with E-state index >= 15 is 0 Å². The van der Waals surface area contributed by atoms with Gasteiger partial charge in [-0.15, -0.1) is 6.58 Å². The molecule has 2 N–H and O–H groups in total. The average Bonchev–Trinajstić information content (AvgIpc) is 2.35. The number of nitrogens with zero attached hydrogens (tertiary/aromatic N) is 2. The summed E-state index contributed by atoms with van der Waals surface area (Å²) in [5, 5.41) is 0. The number of hydrogen-bond donors (Lipinski definition) is 1. The lowest BCUT2D eigenvalue weighted by Crippen LogP contribution is -2.12. The van der Waals surface area contributed by atoms with E-state index in [1.807, 2.05) is 30.3 Å². The van der Waals surface area contributed by atoms with Crippen LogP contribution in [0.4, 0.5) is 0 Å². The molecule has 0 spiro atoms. The first kappa shape index (κ1) is 10.8. The Morgan fingerprint density at radius 2 is 2.06 bits per heavy atom. The number of aromatic nitrogens is 2. The van der Waals surface area contributed by atoms with E-state index in [-0.39, 0.29) is 6.04 Å². The lowest BCUT2D eigenvalue weighted by atomic mass is 10.1. The predicted octanol–water partition coefficient (Wildman–Crippen LogP) is 2.60. The summed E-state index contributed by atoms with van der Waals surface area (Å²) in [5.41, 5.74) is 8.67. The van der Waals surface area contributed by atoms with Crippen molar-refractivity contribution in [3.8, 4) is 0 Å². The van der Waals surface area contributed by atoms with Gasteiger partial charge in [-0.3, -0.25) is 4.98 Å². The van der Waals surface area contributed by atoms with E-state index in [0.717, 1.165) is 29.6 Å². The van der Waals surface area contributed by atoms with Crippen molar-refractivity contribution in [3.05, 3.63) is 48.8 Å². The van der Waals surface area contributed by atoms with E-state index in [1.165, 1.54) is 0 Å². The Labute approximate surface area is 95.0 Å². The molecule has 0 fully saturated rings. The molecule has 0 bridgehead atoms. The molecule has 1 atom stereocenters. The van der Waals surface area contributed by atoms with Crippen molar-refractivity contribution in [2.45, 2.75) is 18.9 Å². The molecule has 16 heavy (non-hydrogen) atoms. The fourth-order valence-electron chi connectivity index (χ4n) is 1.60. The second-order valence-electron chi connectivity index (χ2n) is 3.76. The topological polar surface area (TPSA) is 51.8 Å². The minimum atomic E-state index is -0.0601. The molecule has 0 radical (unpaired) electrons. The molecule has 0 saturated heterocycles. The maximum Gasteiger partial charge on any atom is 0.0890 e. The zero-order chi connectivity index (χ0) is 11.4. The maximum absolute atomic E-state index is 6.02. The summed E-state index contributed by atoms with van der Waals surface area (Å²) in [6.07, 6.45) is 5.39. The van der Waals surface area contributed by atoms with Crippen LogP contribution in [-0.2, 0) is 0 Å². The van der Waals surface area contributed by atoms with Gasteiger partial charge in [-0.05, 0) is 25.0 Å². The van der Waals surface area contributed by atoms with Crippen molar-refractivity contribution in [1.29, 1.82) is 0 Å². The van der Waals surface area contributed by atoms with Gasteiger partial charge < -0.3 is 5.73 Å². The third-order valence-corrected chi connectivity index (χ3v) is 2.53. The zero-order valence-corrected chi connectivity index (χ0v) is 9.13. The van der Waals surface area contributed by atoms with Gasteiger partial charge in [-0.25, -0.2) is 4.98 Å². The fraction of sp³-hybridized carbons (Fsp3) is 0.231. The van der Waals surface area contributed by atoms with Crippen LogP contribution in [0.2, 0.25) is 0 Å². The molecule has 0 aliphatic carbocycles. The summed E-state index contributed by atoms with van der Waals surface area (Å²) in [6.45, 7) is 3.68. The number of benzene rings is 1. The molecule has 1 aromatic carbocycles. The maximum atomic E-state index is 6.02. The molecular formula is C13H15N3. The first-order valence-corrected chi connectivity index (χ1v) is 5.39. The molecule has 0 amide bonds. The SMILES string of the molecule is C=CCCC(N)c1cnc2ccccc2n1. The second kappa shape index (κ2) is 4.86. The van der Waals surface area contributed by atoms with Gasteiger partial charge >= 0.3 is 0 Å². The number of fused-ring (bicyclic) bond motifs is 1. The van der Waals surface area contributed by atoms with Crippen LogP contribution < -0.4 is 5.73 Å². The van der Waals surface area contributed by atoms with Gasteiger partial charge in [0.25, 0.3) is 0 Å². The zero-order valence-electron chi connectivity index (χ0n) is 9.13. The smallest absolute Gasteiger partial charge is 0.0890 e. The molecule has 2 rings (SSSR count). The summed E-state index contributed by atoms with van der Waals surface area (Å²) in [6, 6.07) is 7.74. The molecule has 0 saturated carbocycles. The molecule has 0 aliphatic heterocycles. The molecule has 1 unspecified atom stereocenters. The highest BCUT2D eigenvalue weighted by atomic mass is 14.8. The molecule has 3 heteroatoms. The first-order valence-electron chi connectivity index (χ1n) is 5.39. The standard InChI is InChI=1S/C13H15N3/c1-2-3-6-10(14)13-9-15-11-7-4-5-8-12(11)16-13/h2,4-5,7-10H,1,3,6,14H2. The van der Waals surface area contributed by atoms with Crippen LogP contribution in [0.1, 0.15) is 24.6 Å². The molecule has 1 heterocycles. The summed E-state index contributed by atoms with van der Waals surface area (Å²) >= 11 is 0. The van der Waals surface area contributed by atoms with Crippen LogP contribution in [0, 0.1) is 0 Å². The Kier molecular flexibility index (Phi) is 3.27. The first-order chi connectivity index (χ1) is 7.81. The van der Waals surface area contributed by atoms with Gasteiger partial charge in [-0.2, -0.15) is 0 Å². The van der Waals surface area contributed by atoms with E-state index in [2.05, 4.69) is 16.5 Å². The summed E-state index contributed by atoms with van der Waals surface area (Å²) in [7, 11) is 0. The van der Waals surface area contributed by atoms with Crippen LogP contribution in [0.3, 0.4) is 0 Å². The molecule has 3 nitrogen and oxygen atoms in total. The second-order valence-corrected chi connectivity index (χ2v) is 3.76. The summed E-state index contributed by atoms with van der Waals surface area (Å²) in [4.78, 5) is 8.85. The molecular weight excluding hydrogens is 198 g/mol. The van der Waals surface area contributed by atoms with Gasteiger partial charge in [0.05, 0.1) is 22.9 Å². The van der Waals surface area contributed by atoms with Gasteiger partial charge in [0, 0.05) is 6.04 Å². The Balaban J connectivity index is 2.28. The molecule has 1 aromatic heterocycles. The largest absolute Gasteiger partial charge is 0.323 e. The third kappa shape index (κ3) is 2.25. The van der Waals surface area contributed by atoms with Crippen LogP contribution in [0.5, 0.6) is 0 Å². The van der Waals surface area contributed by atoms with Gasteiger partial charge in [-0.1, -0.05) is 18.2 Å². The van der Waals surface area contributed by atoms with Gasteiger partial charge in [0.15, 0.2) is 0 Å². The predicted molar refractivity (Wildman–Crippen MR) is 65.9 cm³/mol. The lowest BCUT2D eigenvalue weighted by Gasteiger charge is -2.09. The fourth-order valence-corrected chi connectivity index (χ4v) is 1.60. The van der Waals surface area contributed by atoms with Crippen LogP contribution in [-0.4, -0.2) is 9.97 Å².